The number of carbonyl (C=O) groups is 1. The number of carbonyl (C=O) groups excluding carboxylic acids is 1. The molecule has 0 saturated carbocycles. The molecule has 1 N–H and O–H groups in total. The summed E-state index contributed by atoms with van der Waals surface area (Å²) in [5.74, 6) is 1.89. The Balaban J connectivity index is 1.14. The minimum atomic E-state index is 0.307. The van der Waals surface area contributed by atoms with Gasteiger partial charge in [0.2, 0.25) is 5.91 Å². The fourth-order valence-electron chi connectivity index (χ4n) is 5.25. The maximum Gasteiger partial charge on any atom is 0.222 e. The molecule has 2 fully saturated rings. The van der Waals surface area contributed by atoms with Crippen LogP contribution in [0, 0.1) is 11.8 Å². The lowest BCUT2D eigenvalue weighted by atomic mass is 9.81. The lowest BCUT2D eigenvalue weighted by Gasteiger charge is -2.37. The van der Waals surface area contributed by atoms with Crippen LogP contribution in [0.1, 0.15) is 24.1 Å². The predicted molar refractivity (Wildman–Crippen MR) is 133 cm³/mol. The molecule has 2 aliphatic rings. The molecule has 3 aromatic rings. The average molecular weight is 459 g/mol. The third kappa shape index (κ3) is 5.75. The zero-order valence-electron chi connectivity index (χ0n) is 19.7. The zero-order valence-corrected chi connectivity index (χ0v) is 19.7. The second kappa shape index (κ2) is 11.0. The summed E-state index contributed by atoms with van der Waals surface area (Å²) in [7, 11) is 0. The molecule has 0 radical (unpaired) electrons. The topological polar surface area (TPSA) is 61.6 Å². The molecule has 6 nitrogen and oxygen atoms in total. The van der Waals surface area contributed by atoms with Gasteiger partial charge < -0.3 is 14.7 Å². The zero-order chi connectivity index (χ0) is 23.2. The lowest BCUT2D eigenvalue weighted by Crippen LogP contribution is -2.49. The van der Waals surface area contributed by atoms with Gasteiger partial charge in [-0.1, -0.05) is 65.8 Å². The van der Waals surface area contributed by atoms with Gasteiger partial charge in [0.15, 0.2) is 5.76 Å². The van der Waals surface area contributed by atoms with Crippen molar-refractivity contribution < 1.29 is 9.32 Å². The monoisotopic (exact) mass is 458 g/mol. The van der Waals surface area contributed by atoms with Crippen LogP contribution in [-0.2, 0) is 17.8 Å². The normalized spacial score (nSPS) is 21.5. The highest BCUT2D eigenvalue weighted by Gasteiger charge is 2.30. The number of hydrogen-bond donors (Lipinski definition) is 1. The second-order valence-corrected chi connectivity index (χ2v) is 9.61. The number of amides is 1. The molecular formula is C28H34N4O2. The van der Waals surface area contributed by atoms with Crippen LogP contribution in [0.25, 0.3) is 11.3 Å². The Morgan fingerprint density at radius 3 is 2.47 bits per heavy atom. The summed E-state index contributed by atoms with van der Waals surface area (Å²) in [5.41, 5.74) is 3.35. The molecule has 1 amide bonds. The summed E-state index contributed by atoms with van der Waals surface area (Å²) in [4.78, 5) is 17.7. The van der Waals surface area contributed by atoms with Crippen molar-refractivity contribution in [2.24, 2.45) is 11.8 Å². The van der Waals surface area contributed by atoms with Crippen molar-refractivity contribution in [1.29, 1.82) is 0 Å². The summed E-state index contributed by atoms with van der Waals surface area (Å²) >= 11 is 0. The van der Waals surface area contributed by atoms with E-state index >= 15 is 0 Å². The highest BCUT2D eigenvalue weighted by molar-refractivity contribution is 5.76. The van der Waals surface area contributed by atoms with Crippen molar-refractivity contribution in [3.05, 3.63) is 78.0 Å². The fraction of sp³-hybridized carbons (Fsp3) is 0.429. The molecule has 2 atom stereocenters. The highest BCUT2D eigenvalue weighted by atomic mass is 16.5. The molecule has 0 unspecified atom stereocenters. The van der Waals surface area contributed by atoms with Crippen LogP contribution in [0.5, 0.6) is 0 Å². The first kappa shape index (κ1) is 22.8. The molecule has 3 heterocycles. The van der Waals surface area contributed by atoms with Gasteiger partial charge in [-0.15, -0.1) is 0 Å². The number of nitrogens with one attached hydrogen (secondary N) is 1. The van der Waals surface area contributed by atoms with Gasteiger partial charge >= 0.3 is 0 Å². The van der Waals surface area contributed by atoms with Crippen molar-refractivity contribution in [1.82, 2.24) is 20.3 Å². The van der Waals surface area contributed by atoms with E-state index in [4.69, 9.17) is 4.52 Å². The van der Waals surface area contributed by atoms with Gasteiger partial charge in [0, 0.05) is 50.8 Å². The molecule has 178 valence electrons. The van der Waals surface area contributed by atoms with Crippen LogP contribution in [0.15, 0.2) is 71.3 Å². The van der Waals surface area contributed by atoms with Crippen molar-refractivity contribution in [3.8, 4) is 11.3 Å². The second-order valence-electron chi connectivity index (χ2n) is 9.61. The number of piperazine rings is 1. The molecular weight excluding hydrogens is 424 g/mol. The number of benzene rings is 2. The van der Waals surface area contributed by atoms with Gasteiger partial charge in [-0.2, -0.15) is 0 Å². The van der Waals surface area contributed by atoms with E-state index in [0.29, 0.717) is 24.2 Å². The third-order valence-electron chi connectivity index (χ3n) is 7.26. The van der Waals surface area contributed by atoms with E-state index in [1.54, 1.807) is 0 Å². The van der Waals surface area contributed by atoms with Gasteiger partial charge in [0.25, 0.3) is 0 Å². The summed E-state index contributed by atoms with van der Waals surface area (Å²) in [6.07, 6.45) is 2.51. The Labute approximate surface area is 201 Å². The first-order valence-corrected chi connectivity index (χ1v) is 12.5. The summed E-state index contributed by atoms with van der Waals surface area (Å²) in [6.45, 7) is 6.40. The summed E-state index contributed by atoms with van der Waals surface area (Å²) in [5, 5.41) is 7.84. The van der Waals surface area contributed by atoms with Gasteiger partial charge in [-0.25, -0.2) is 0 Å². The van der Waals surface area contributed by atoms with Crippen molar-refractivity contribution >= 4 is 5.91 Å². The van der Waals surface area contributed by atoms with Crippen LogP contribution in [0.2, 0.25) is 0 Å². The number of piperidine rings is 1. The Bertz CT molecular complexity index is 1040. The van der Waals surface area contributed by atoms with E-state index in [9.17, 15) is 4.79 Å². The maximum absolute atomic E-state index is 13.2. The van der Waals surface area contributed by atoms with Crippen molar-refractivity contribution in [3.63, 3.8) is 0 Å². The SMILES string of the molecule is O=C(C[C@@H]1CCNC[C@@H]1Cc1cc(-c2ccccc2)on1)N1CCN(Cc2ccccc2)CC1. The lowest BCUT2D eigenvalue weighted by molar-refractivity contribution is -0.134. The quantitative estimate of drug-likeness (QED) is 0.583. The molecule has 6 heteroatoms. The smallest absolute Gasteiger partial charge is 0.222 e. The highest BCUT2D eigenvalue weighted by Crippen LogP contribution is 2.28. The Morgan fingerprint density at radius 1 is 0.971 bits per heavy atom. The first-order chi connectivity index (χ1) is 16.7. The standard InChI is InChI=1S/C28H34N4O2/c33-28(32-15-13-31(14-16-32)21-22-7-3-1-4-8-22)18-24-11-12-29-20-25(24)17-26-19-27(34-30-26)23-9-5-2-6-10-23/h1-10,19,24-25,29H,11-18,20-21H2/t24-,25-/m0/s1. The Hall–Kier alpha value is -2.96. The van der Waals surface area contributed by atoms with Crippen molar-refractivity contribution in [2.45, 2.75) is 25.8 Å². The Morgan fingerprint density at radius 2 is 1.71 bits per heavy atom. The van der Waals surface area contributed by atoms with Crippen LogP contribution in [-0.4, -0.2) is 60.1 Å². The van der Waals surface area contributed by atoms with Gasteiger partial charge in [0.1, 0.15) is 0 Å². The molecule has 2 aromatic carbocycles. The van der Waals surface area contributed by atoms with E-state index in [-0.39, 0.29) is 0 Å². The molecule has 34 heavy (non-hydrogen) atoms. The van der Waals surface area contributed by atoms with Crippen LogP contribution >= 0.6 is 0 Å². The number of hydrogen-bond acceptors (Lipinski definition) is 5. The molecule has 0 bridgehead atoms. The first-order valence-electron chi connectivity index (χ1n) is 12.5. The summed E-state index contributed by atoms with van der Waals surface area (Å²) in [6, 6.07) is 22.7. The molecule has 2 aliphatic heterocycles. The maximum atomic E-state index is 13.2. The third-order valence-corrected chi connectivity index (χ3v) is 7.26. The minimum absolute atomic E-state index is 0.307. The largest absolute Gasteiger partial charge is 0.356 e. The van der Waals surface area contributed by atoms with Crippen LogP contribution < -0.4 is 5.32 Å². The predicted octanol–water partition coefficient (Wildman–Crippen LogP) is 3.84. The number of rotatable bonds is 7. The van der Waals surface area contributed by atoms with Crippen LogP contribution in [0.4, 0.5) is 0 Å². The number of nitrogens with zero attached hydrogens (tertiary/aromatic N) is 3. The van der Waals surface area contributed by atoms with Gasteiger partial charge in [-0.05, 0) is 43.3 Å². The fourth-order valence-corrected chi connectivity index (χ4v) is 5.25. The molecule has 2 saturated heterocycles. The van der Waals surface area contributed by atoms with Crippen LogP contribution in [0.3, 0.4) is 0 Å². The molecule has 0 spiro atoms. The van der Waals surface area contributed by atoms with Crippen molar-refractivity contribution in [2.75, 3.05) is 39.3 Å². The van der Waals surface area contributed by atoms with Gasteiger partial charge in [-0.3, -0.25) is 9.69 Å². The van der Waals surface area contributed by atoms with E-state index in [0.717, 1.165) is 75.7 Å². The average Bonchev–Trinajstić information content (AvgIpc) is 3.35. The van der Waals surface area contributed by atoms with E-state index in [1.807, 2.05) is 30.3 Å². The molecule has 0 aliphatic carbocycles. The summed E-state index contributed by atoms with van der Waals surface area (Å²) < 4.78 is 5.61. The minimum Gasteiger partial charge on any atom is -0.356 e. The molecule has 5 rings (SSSR count). The van der Waals surface area contributed by atoms with Gasteiger partial charge in [0.05, 0.1) is 5.69 Å². The van der Waals surface area contributed by atoms with E-state index in [2.05, 4.69) is 56.7 Å². The molecule has 1 aromatic heterocycles. The van der Waals surface area contributed by atoms with E-state index in [1.165, 1.54) is 5.56 Å². The number of aromatic nitrogens is 1. The Kier molecular flexibility index (Phi) is 7.37. The van der Waals surface area contributed by atoms with E-state index < -0.39 is 0 Å².